The highest BCUT2D eigenvalue weighted by atomic mass is 16.4. The Morgan fingerprint density at radius 2 is 2.29 bits per heavy atom. The van der Waals surface area contributed by atoms with E-state index in [1.54, 1.807) is 19.9 Å². The van der Waals surface area contributed by atoms with Crippen LogP contribution >= 0.6 is 0 Å². The van der Waals surface area contributed by atoms with Crippen LogP contribution in [0.25, 0.3) is 0 Å². The molecule has 0 aliphatic carbocycles. The molecule has 0 bridgehead atoms. The third-order valence-electron chi connectivity index (χ3n) is 1.93. The molecule has 1 N–H and O–H groups in total. The van der Waals surface area contributed by atoms with Crippen molar-refractivity contribution in [1.82, 2.24) is 9.55 Å². The predicted molar refractivity (Wildman–Crippen MR) is 49.9 cm³/mol. The molecule has 0 atom stereocenters. The van der Waals surface area contributed by atoms with E-state index in [1.165, 1.54) is 17.0 Å². The minimum atomic E-state index is -0.965. The van der Waals surface area contributed by atoms with E-state index in [0.29, 0.717) is 0 Å². The maximum atomic E-state index is 11.2. The molecule has 0 saturated carbocycles. The van der Waals surface area contributed by atoms with Gasteiger partial charge in [-0.1, -0.05) is 0 Å². The van der Waals surface area contributed by atoms with Crippen molar-refractivity contribution in [2.45, 2.75) is 20.4 Å². The van der Waals surface area contributed by atoms with E-state index in [-0.39, 0.29) is 6.54 Å². The maximum absolute atomic E-state index is 11.2. The summed E-state index contributed by atoms with van der Waals surface area (Å²) >= 11 is 0. The van der Waals surface area contributed by atoms with Gasteiger partial charge in [-0.25, -0.2) is 9.78 Å². The summed E-state index contributed by atoms with van der Waals surface area (Å²) in [5.74, 6) is -0.937. The highest BCUT2D eigenvalue weighted by Gasteiger charge is 2.27. The van der Waals surface area contributed by atoms with E-state index in [1.807, 2.05) is 0 Å². The second-order valence-corrected chi connectivity index (χ2v) is 3.72. The van der Waals surface area contributed by atoms with Crippen LogP contribution in [0.2, 0.25) is 0 Å². The van der Waals surface area contributed by atoms with Crippen molar-refractivity contribution in [3.05, 3.63) is 28.9 Å². The van der Waals surface area contributed by atoms with Crippen molar-refractivity contribution in [3.8, 4) is 0 Å². The fraction of sp³-hybridized carbons (Fsp3) is 0.444. The van der Waals surface area contributed by atoms with Crippen LogP contribution in [0.15, 0.2) is 23.3 Å². The average molecular weight is 196 g/mol. The first-order chi connectivity index (χ1) is 6.43. The van der Waals surface area contributed by atoms with Gasteiger partial charge in [0.1, 0.15) is 0 Å². The number of rotatable bonds is 3. The zero-order valence-corrected chi connectivity index (χ0v) is 8.10. The van der Waals surface area contributed by atoms with Gasteiger partial charge >= 0.3 is 11.7 Å². The normalized spacial score (nSPS) is 11.3. The van der Waals surface area contributed by atoms with E-state index >= 15 is 0 Å². The molecule has 0 aromatic carbocycles. The van der Waals surface area contributed by atoms with Crippen LogP contribution < -0.4 is 5.69 Å². The Morgan fingerprint density at radius 1 is 1.64 bits per heavy atom. The Labute approximate surface area is 81.0 Å². The van der Waals surface area contributed by atoms with Gasteiger partial charge in [0.25, 0.3) is 0 Å². The lowest BCUT2D eigenvalue weighted by molar-refractivity contribution is -0.147. The van der Waals surface area contributed by atoms with Crippen LogP contribution in [0.4, 0.5) is 0 Å². The van der Waals surface area contributed by atoms with Crippen molar-refractivity contribution in [3.63, 3.8) is 0 Å². The van der Waals surface area contributed by atoms with Crippen molar-refractivity contribution in [1.29, 1.82) is 0 Å². The summed E-state index contributed by atoms with van der Waals surface area (Å²) in [6.07, 6.45) is 2.91. The molecule has 14 heavy (non-hydrogen) atoms. The van der Waals surface area contributed by atoms with Gasteiger partial charge in [-0.3, -0.25) is 9.36 Å². The number of aliphatic carboxylic acids is 1. The molecule has 1 aromatic heterocycles. The van der Waals surface area contributed by atoms with Gasteiger partial charge in [-0.05, 0) is 19.9 Å². The van der Waals surface area contributed by atoms with Gasteiger partial charge in [-0.15, -0.1) is 0 Å². The van der Waals surface area contributed by atoms with Crippen molar-refractivity contribution in [2.75, 3.05) is 0 Å². The topological polar surface area (TPSA) is 72.2 Å². The number of carboxylic acids is 1. The Bertz CT molecular complexity index is 395. The minimum absolute atomic E-state index is 0.120. The quantitative estimate of drug-likeness (QED) is 0.757. The highest BCUT2D eigenvalue weighted by molar-refractivity contribution is 5.73. The molecule has 1 aromatic rings. The largest absolute Gasteiger partial charge is 0.481 e. The second-order valence-electron chi connectivity index (χ2n) is 3.72. The second kappa shape index (κ2) is 3.61. The van der Waals surface area contributed by atoms with Crippen molar-refractivity contribution in [2.24, 2.45) is 5.41 Å². The summed E-state index contributed by atoms with van der Waals surface area (Å²) in [5, 5.41) is 8.86. The summed E-state index contributed by atoms with van der Waals surface area (Å²) in [4.78, 5) is 25.5. The number of aromatic nitrogens is 2. The lowest BCUT2D eigenvalue weighted by atomic mass is 9.94. The van der Waals surface area contributed by atoms with E-state index in [2.05, 4.69) is 4.98 Å². The Balaban J connectivity index is 2.95. The van der Waals surface area contributed by atoms with Gasteiger partial charge in [0.15, 0.2) is 0 Å². The van der Waals surface area contributed by atoms with Crippen LogP contribution in [0, 0.1) is 5.41 Å². The van der Waals surface area contributed by atoms with E-state index < -0.39 is 17.1 Å². The van der Waals surface area contributed by atoms with Gasteiger partial charge in [0, 0.05) is 18.9 Å². The molecule has 76 valence electrons. The first-order valence-corrected chi connectivity index (χ1v) is 4.18. The van der Waals surface area contributed by atoms with E-state index in [9.17, 15) is 9.59 Å². The molecule has 0 saturated heterocycles. The van der Waals surface area contributed by atoms with Crippen molar-refractivity contribution < 1.29 is 9.90 Å². The van der Waals surface area contributed by atoms with Gasteiger partial charge < -0.3 is 5.11 Å². The SMILES string of the molecule is CC(C)(Cn1cccnc1=O)C(=O)O. The van der Waals surface area contributed by atoms with Crippen LogP contribution in [0.1, 0.15) is 13.8 Å². The first-order valence-electron chi connectivity index (χ1n) is 4.18. The van der Waals surface area contributed by atoms with Crippen LogP contribution in [-0.2, 0) is 11.3 Å². The van der Waals surface area contributed by atoms with Gasteiger partial charge in [-0.2, -0.15) is 0 Å². The predicted octanol–water partition coefficient (Wildman–Crippen LogP) is 0.354. The Morgan fingerprint density at radius 3 is 2.79 bits per heavy atom. The van der Waals surface area contributed by atoms with Crippen LogP contribution in [0.3, 0.4) is 0 Å². The number of nitrogens with zero attached hydrogens (tertiary/aromatic N) is 2. The molecular formula is C9H12N2O3. The highest BCUT2D eigenvalue weighted by Crippen LogP contribution is 2.16. The fourth-order valence-electron chi connectivity index (χ4n) is 1.00. The molecule has 0 spiro atoms. The van der Waals surface area contributed by atoms with E-state index in [0.717, 1.165) is 0 Å². The summed E-state index contributed by atoms with van der Waals surface area (Å²) in [6.45, 7) is 3.25. The monoisotopic (exact) mass is 196 g/mol. The molecule has 0 fully saturated rings. The molecule has 1 rings (SSSR count). The van der Waals surface area contributed by atoms with Crippen molar-refractivity contribution >= 4 is 5.97 Å². The van der Waals surface area contributed by atoms with Gasteiger partial charge in [0.05, 0.1) is 5.41 Å². The molecule has 0 amide bonds. The maximum Gasteiger partial charge on any atom is 0.347 e. The average Bonchev–Trinajstić information content (AvgIpc) is 2.08. The summed E-state index contributed by atoms with van der Waals surface area (Å²) in [5.41, 5.74) is -1.39. The Hall–Kier alpha value is -1.65. The van der Waals surface area contributed by atoms with E-state index in [4.69, 9.17) is 5.11 Å². The van der Waals surface area contributed by atoms with Crippen LogP contribution in [-0.4, -0.2) is 20.6 Å². The molecule has 5 nitrogen and oxygen atoms in total. The minimum Gasteiger partial charge on any atom is -0.481 e. The zero-order chi connectivity index (χ0) is 10.8. The molecule has 0 aliphatic heterocycles. The summed E-state index contributed by atoms with van der Waals surface area (Å²) in [6, 6.07) is 1.60. The fourth-order valence-corrected chi connectivity index (χ4v) is 1.00. The smallest absolute Gasteiger partial charge is 0.347 e. The number of carboxylic acid groups (broad SMARTS) is 1. The number of carbonyl (C=O) groups is 1. The molecular weight excluding hydrogens is 184 g/mol. The molecule has 1 heterocycles. The zero-order valence-electron chi connectivity index (χ0n) is 8.10. The first kappa shape index (κ1) is 10.4. The standard InChI is InChI=1S/C9H12N2O3/c1-9(2,7(12)13)6-11-5-3-4-10-8(11)14/h3-5H,6H2,1-2H3,(H,12,13). The lowest BCUT2D eigenvalue weighted by Crippen LogP contribution is -2.34. The number of hydrogen-bond donors (Lipinski definition) is 1. The summed E-state index contributed by atoms with van der Waals surface area (Å²) in [7, 11) is 0. The van der Waals surface area contributed by atoms with Crippen LogP contribution in [0.5, 0.6) is 0 Å². The summed E-state index contributed by atoms with van der Waals surface area (Å²) < 4.78 is 1.29. The molecule has 0 aliphatic rings. The molecule has 0 unspecified atom stereocenters. The van der Waals surface area contributed by atoms with Gasteiger partial charge in [0.2, 0.25) is 0 Å². The Kier molecular flexibility index (Phi) is 2.69. The molecule has 5 heteroatoms. The third-order valence-corrected chi connectivity index (χ3v) is 1.93. The lowest BCUT2D eigenvalue weighted by Gasteiger charge is -2.19. The molecule has 0 radical (unpaired) electrons. The number of hydrogen-bond acceptors (Lipinski definition) is 3. The third kappa shape index (κ3) is 2.18.